The van der Waals surface area contributed by atoms with Crippen molar-refractivity contribution in [2.45, 2.75) is 37.1 Å². The first-order chi connectivity index (χ1) is 28.5. The van der Waals surface area contributed by atoms with E-state index < -0.39 is 114 Å². The molecule has 0 fully saturated rings. The molecule has 322 valence electrons. The van der Waals surface area contributed by atoms with Gasteiger partial charge in [0.05, 0.1) is 55.4 Å². The van der Waals surface area contributed by atoms with Gasteiger partial charge in [0, 0.05) is 32.9 Å². The number of nitrogens with zero attached hydrogens (tertiary/aromatic N) is 2. The molecule has 8 rings (SSSR count). The summed E-state index contributed by atoms with van der Waals surface area (Å²) in [6.07, 6.45) is -30.9. The highest BCUT2D eigenvalue weighted by atomic mass is 19.4. The molecule has 0 atom stereocenters. The Labute approximate surface area is 333 Å². The summed E-state index contributed by atoms with van der Waals surface area (Å²) >= 11 is 0. The van der Waals surface area contributed by atoms with E-state index in [2.05, 4.69) is 0 Å². The molecular formula is C42H18F18N2. The summed E-state index contributed by atoms with van der Waals surface area (Å²) in [6, 6.07) is 10.8. The van der Waals surface area contributed by atoms with Crippen molar-refractivity contribution in [1.82, 2.24) is 9.13 Å². The van der Waals surface area contributed by atoms with Gasteiger partial charge in [0.15, 0.2) is 0 Å². The normalized spacial score (nSPS) is 13.6. The highest BCUT2D eigenvalue weighted by Gasteiger charge is 2.40. The summed E-state index contributed by atoms with van der Waals surface area (Å²) in [4.78, 5) is 0. The minimum Gasteiger partial charge on any atom is -0.309 e. The van der Waals surface area contributed by atoms with Gasteiger partial charge in [-0.2, -0.15) is 79.0 Å². The van der Waals surface area contributed by atoms with Crippen molar-refractivity contribution in [1.29, 1.82) is 0 Å². The first-order valence-electron chi connectivity index (χ1n) is 17.4. The molecule has 0 bridgehead atoms. The fourth-order valence-corrected chi connectivity index (χ4v) is 7.59. The van der Waals surface area contributed by atoms with Crippen molar-refractivity contribution in [3.05, 3.63) is 143 Å². The van der Waals surface area contributed by atoms with E-state index in [-0.39, 0.29) is 22.1 Å². The summed E-state index contributed by atoms with van der Waals surface area (Å²) in [5.41, 5.74) is -13.1. The maximum absolute atomic E-state index is 14.8. The van der Waals surface area contributed by atoms with Gasteiger partial charge in [0.2, 0.25) is 0 Å². The number of hydrogen-bond donors (Lipinski definition) is 0. The molecule has 0 radical (unpaired) electrons. The molecule has 0 saturated carbocycles. The Kier molecular flexibility index (Phi) is 9.28. The molecule has 0 aliphatic rings. The first kappa shape index (κ1) is 42.4. The molecule has 6 aromatic carbocycles. The third kappa shape index (κ3) is 7.21. The number of benzene rings is 6. The van der Waals surface area contributed by atoms with Crippen molar-refractivity contribution in [3.63, 3.8) is 0 Å². The van der Waals surface area contributed by atoms with Crippen LogP contribution in [0.2, 0.25) is 0 Å². The third-order valence-corrected chi connectivity index (χ3v) is 10.3. The Morgan fingerprint density at radius 1 is 0.258 bits per heavy atom. The van der Waals surface area contributed by atoms with Gasteiger partial charge in [-0.05, 0) is 120 Å². The standard InChI is InChI=1S/C42H18F18N2/c43-37(44,45)19-1-9-33-27(13-19)28-14-20(38(46,47)48)2-10-34(28)61(33)23-5-7-31(41(55,56)57)25(17-23)26-18-24(6-8-32(26)42(58,59)60)62-35-11-3-21(39(49,50)51)15-29(35)30-16-22(40(52,53)54)4-12-36(30)62/h1-18H. The van der Waals surface area contributed by atoms with E-state index in [1.54, 1.807) is 0 Å². The molecule has 0 unspecified atom stereocenters. The number of aromatic nitrogens is 2. The number of alkyl halides is 18. The smallest absolute Gasteiger partial charge is 0.309 e. The van der Waals surface area contributed by atoms with E-state index in [1.165, 1.54) is 0 Å². The van der Waals surface area contributed by atoms with Crippen LogP contribution in [0.4, 0.5) is 79.0 Å². The van der Waals surface area contributed by atoms with Gasteiger partial charge in [0.1, 0.15) is 0 Å². The topological polar surface area (TPSA) is 9.86 Å². The molecule has 0 N–H and O–H groups in total. The minimum atomic E-state index is -5.42. The van der Waals surface area contributed by atoms with Crippen LogP contribution >= 0.6 is 0 Å². The second-order valence-corrected chi connectivity index (χ2v) is 14.0. The number of halogens is 18. The fourth-order valence-electron chi connectivity index (χ4n) is 7.59. The van der Waals surface area contributed by atoms with Gasteiger partial charge < -0.3 is 9.13 Å². The lowest BCUT2D eigenvalue weighted by Gasteiger charge is -2.21. The molecule has 0 amide bonds. The van der Waals surface area contributed by atoms with Crippen LogP contribution in [0.25, 0.3) is 66.1 Å². The van der Waals surface area contributed by atoms with E-state index >= 15 is 0 Å². The molecule has 2 nitrogen and oxygen atoms in total. The van der Waals surface area contributed by atoms with Crippen molar-refractivity contribution in [3.8, 4) is 22.5 Å². The van der Waals surface area contributed by atoms with Crippen molar-refractivity contribution in [2.24, 2.45) is 0 Å². The Balaban J connectivity index is 1.44. The second-order valence-electron chi connectivity index (χ2n) is 14.0. The summed E-state index contributed by atoms with van der Waals surface area (Å²) in [5.74, 6) is 0. The minimum absolute atomic E-state index is 0.287. The molecule has 2 aromatic heterocycles. The predicted molar refractivity (Wildman–Crippen MR) is 191 cm³/mol. The van der Waals surface area contributed by atoms with E-state index in [0.29, 0.717) is 72.8 Å². The van der Waals surface area contributed by atoms with Crippen LogP contribution in [0.15, 0.2) is 109 Å². The monoisotopic (exact) mass is 892 g/mol. The van der Waals surface area contributed by atoms with Crippen LogP contribution in [-0.4, -0.2) is 9.13 Å². The summed E-state index contributed by atoms with van der Waals surface area (Å²) in [5, 5.41) is -1.80. The predicted octanol–water partition coefficient (Wildman–Crippen LogP) is 15.7. The Morgan fingerprint density at radius 3 is 0.710 bits per heavy atom. The van der Waals surface area contributed by atoms with Gasteiger partial charge >= 0.3 is 37.1 Å². The van der Waals surface area contributed by atoms with Crippen LogP contribution in [-0.2, 0) is 37.1 Å². The van der Waals surface area contributed by atoms with E-state index in [0.717, 1.165) is 45.5 Å². The lowest BCUT2D eigenvalue weighted by atomic mass is 9.93. The number of rotatable bonds is 3. The lowest BCUT2D eigenvalue weighted by molar-refractivity contribution is -0.139. The fraction of sp³-hybridized carbons (Fsp3) is 0.143. The van der Waals surface area contributed by atoms with Crippen LogP contribution in [0, 0.1) is 0 Å². The molecule has 8 aromatic rings. The Bertz CT molecular complexity index is 2740. The van der Waals surface area contributed by atoms with Crippen LogP contribution < -0.4 is 0 Å². The molecule has 0 saturated heterocycles. The lowest BCUT2D eigenvalue weighted by Crippen LogP contribution is -2.13. The average Bonchev–Trinajstić information content (AvgIpc) is 3.67. The zero-order valence-electron chi connectivity index (χ0n) is 30.1. The maximum Gasteiger partial charge on any atom is 0.417 e. The number of fused-ring (bicyclic) bond motifs is 6. The largest absolute Gasteiger partial charge is 0.417 e. The van der Waals surface area contributed by atoms with Crippen molar-refractivity contribution >= 4 is 43.6 Å². The highest BCUT2D eigenvalue weighted by molar-refractivity contribution is 6.11. The van der Waals surface area contributed by atoms with Gasteiger partial charge in [-0.3, -0.25) is 0 Å². The van der Waals surface area contributed by atoms with Gasteiger partial charge in [-0.15, -0.1) is 0 Å². The van der Waals surface area contributed by atoms with E-state index in [9.17, 15) is 79.0 Å². The second kappa shape index (κ2) is 13.6. The highest BCUT2D eigenvalue weighted by Crippen LogP contribution is 2.47. The molecule has 0 aliphatic carbocycles. The average molecular weight is 893 g/mol. The Morgan fingerprint density at radius 2 is 0.500 bits per heavy atom. The van der Waals surface area contributed by atoms with E-state index in [4.69, 9.17) is 0 Å². The van der Waals surface area contributed by atoms with Gasteiger partial charge in [-0.1, -0.05) is 0 Å². The summed E-state index contributed by atoms with van der Waals surface area (Å²) < 4.78 is 257. The van der Waals surface area contributed by atoms with Crippen LogP contribution in [0.1, 0.15) is 33.4 Å². The molecule has 20 heteroatoms. The first-order valence-corrected chi connectivity index (χ1v) is 17.4. The third-order valence-electron chi connectivity index (χ3n) is 10.3. The summed E-state index contributed by atoms with van der Waals surface area (Å²) in [6.45, 7) is 0. The zero-order valence-corrected chi connectivity index (χ0v) is 30.1. The molecule has 0 aliphatic heterocycles. The molecule has 2 heterocycles. The summed E-state index contributed by atoms with van der Waals surface area (Å²) in [7, 11) is 0. The quantitative estimate of drug-likeness (QED) is 0.156. The van der Waals surface area contributed by atoms with Gasteiger partial charge in [-0.25, -0.2) is 0 Å². The number of hydrogen-bond acceptors (Lipinski definition) is 0. The van der Waals surface area contributed by atoms with Crippen LogP contribution in [0.5, 0.6) is 0 Å². The molecule has 62 heavy (non-hydrogen) atoms. The maximum atomic E-state index is 14.8. The zero-order chi connectivity index (χ0) is 45.3. The van der Waals surface area contributed by atoms with Crippen molar-refractivity contribution in [2.75, 3.05) is 0 Å². The Hall–Kier alpha value is -6.34. The van der Waals surface area contributed by atoms with Crippen LogP contribution in [0.3, 0.4) is 0 Å². The SMILES string of the molecule is FC(F)(F)c1ccc2c(c1)c1cc(C(F)(F)F)ccc1n2-c1ccc(C(F)(F)F)c(-c2cc(-n3c4ccc(C(F)(F)F)cc4c4cc(C(F)(F)F)ccc43)ccc2C(F)(F)F)c1. The molecular weight excluding hydrogens is 874 g/mol. The van der Waals surface area contributed by atoms with Crippen molar-refractivity contribution < 1.29 is 79.0 Å². The van der Waals surface area contributed by atoms with E-state index in [1.807, 2.05) is 0 Å². The van der Waals surface area contributed by atoms with Gasteiger partial charge in [0.25, 0.3) is 0 Å². The molecule has 0 spiro atoms.